The summed E-state index contributed by atoms with van der Waals surface area (Å²) in [4.78, 5) is 5.07. The standard InChI is InChI=1S/C17H24B2N2/c1-3-5-9-16(4-2)18-20-12-14-21(15-13-20)19-17-10-7-6-8-11-17/h3-11,18-19H,1,12-15H2,2H3/b9-5-,16-4+. The summed E-state index contributed by atoms with van der Waals surface area (Å²) < 4.78 is 0. The molecule has 1 aromatic carbocycles. The third-order valence-corrected chi connectivity index (χ3v) is 3.94. The van der Waals surface area contributed by atoms with Gasteiger partial charge in [0.2, 0.25) is 14.8 Å². The van der Waals surface area contributed by atoms with Crippen LogP contribution < -0.4 is 5.46 Å². The molecule has 0 aliphatic carbocycles. The SMILES string of the molecule is C=C/C=C\C(BN1CCN(Bc2ccccc2)CC1)=C/C. The van der Waals surface area contributed by atoms with Gasteiger partial charge in [0, 0.05) is 0 Å². The largest absolute Gasteiger partial charge is 0.339 e. The first-order valence-electron chi connectivity index (χ1n) is 7.74. The Morgan fingerprint density at radius 2 is 1.76 bits per heavy atom. The zero-order chi connectivity index (χ0) is 14.9. The molecule has 0 atom stereocenters. The van der Waals surface area contributed by atoms with Crippen molar-refractivity contribution in [2.45, 2.75) is 6.92 Å². The van der Waals surface area contributed by atoms with E-state index in [-0.39, 0.29) is 0 Å². The van der Waals surface area contributed by atoms with Gasteiger partial charge in [0.05, 0.1) is 0 Å². The van der Waals surface area contributed by atoms with Crippen LogP contribution in [0.25, 0.3) is 0 Å². The summed E-state index contributed by atoms with van der Waals surface area (Å²) in [7, 11) is 2.11. The fraction of sp³-hybridized carbons (Fsp3) is 0.294. The molecule has 0 radical (unpaired) electrons. The fourth-order valence-corrected chi connectivity index (χ4v) is 2.64. The number of nitrogens with zero attached hydrogens (tertiary/aromatic N) is 2. The molecule has 1 saturated heterocycles. The molecule has 21 heavy (non-hydrogen) atoms. The molecule has 1 aromatic rings. The molecule has 0 amide bonds. The molecule has 0 unspecified atom stereocenters. The van der Waals surface area contributed by atoms with Gasteiger partial charge < -0.3 is 9.62 Å². The van der Waals surface area contributed by atoms with Crippen LogP contribution in [-0.4, -0.2) is 50.6 Å². The molecule has 0 spiro atoms. The Balaban J connectivity index is 1.78. The van der Waals surface area contributed by atoms with E-state index in [9.17, 15) is 0 Å². The highest BCUT2D eigenvalue weighted by molar-refractivity contribution is 6.50. The normalized spacial score (nSPS) is 17.9. The lowest BCUT2D eigenvalue weighted by molar-refractivity contribution is 0.284. The molecule has 1 heterocycles. The van der Waals surface area contributed by atoms with Crippen LogP contribution in [0.4, 0.5) is 0 Å². The molecule has 2 nitrogen and oxygen atoms in total. The molecular weight excluding hydrogens is 254 g/mol. The van der Waals surface area contributed by atoms with E-state index < -0.39 is 0 Å². The van der Waals surface area contributed by atoms with Crippen molar-refractivity contribution in [3.8, 4) is 0 Å². The van der Waals surface area contributed by atoms with Crippen molar-refractivity contribution in [2.24, 2.45) is 0 Å². The lowest BCUT2D eigenvalue weighted by Gasteiger charge is -2.34. The third-order valence-electron chi connectivity index (χ3n) is 3.94. The highest BCUT2D eigenvalue weighted by atomic mass is 15.2. The molecule has 4 heteroatoms. The summed E-state index contributed by atoms with van der Waals surface area (Å²) in [5.41, 5.74) is 2.78. The number of allylic oxidation sites excluding steroid dienone is 5. The maximum Gasteiger partial charge on any atom is 0.238 e. The van der Waals surface area contributed by atoms with Gasteiger partial charge in [-0.15, -0.1) is 0 Å². The maximum atomic E-state index is 3.73. The lowest BCUT2D eigenvalue weighted by atomic mass is 9.76. The summed E-state index contributed by atoms with van der Waals surface area (Å²) in [5, 5.41) is 0. The van der Waals surface area contributed by atoms with Crippen LogP contribution in [0.1, 0.15) is 6.92 Å². The molecule has 0 aromatic heterocycles. The first-order valence-corrected chi connectivity index (χ1v) is 7.74. The van der Waals surface area contributed by atoms with E-state index in [0.717, 1.165) is 41.0 Å². The average molecular weight is 278 g/mol. The van der Waals surface area contributed by atoms with Crippen LogP contribution in [0.5, 0.6) is 0 Å². The minimum atomic E-state index is 1.04. The maximum absolute atomic E-state index is 3.73. The van der Waals surface area contributed by atoms with Gasteiger partial charge in [-0.2, -0.15) is 0 Å². The van der Waals surface area contributed by atoms with Crippen molar-refractivity contribution >= 4 is 20.3 Å². The van der Waals surface area contributed by atoms with E-state index in [2.05, 4.69) is 65.6 Å². The summed E-state index contributed by atoms with van der Waals surface area (Å²) >= 11 is 0. The van der Waals surface area contributed by atoms with Crippen LogP contribution in [0.15, 0.2) is 66.7 Å². The molecule has 1 aliphatic rings. The Kier molecular flexibility index (Phi) is 6.58. The van der Waals surface area contributed by atoms with Crippen molar-refractivity contribution in [1.82, 2.24) is 9.62 Å². The van der Waals surface area contributed by atoms with E-state index in [1.165, 1.54) is 10.9 Å². The van der Waals surface area contributed by atoms with Crippen LogP contribution in [-0.2, 0) is 0 Å². The molecule has 1 fully saturated rings. The van der Waals surface area contributed by atoms with Gasteiger partial charge in [-0.25, -0.2) is 0 Å². The van der Waals surface area contributed by atoms with Gasteiger partial charge in [0.15, 0.2) is 0 Å². The van der Waals surface area contributed by atoms with Crippen LogP contribution in [0.3, 0.4) is 0 Å². The van der Waals surface area contributed by atoms with Crippen LogP contribution in [0.2, 0.25) is 0 Å². The smallest absolute Gasteiger partial charge is 0.238 e. The highest BCUT2D eigenvalue weighted by Crippen LogP contribution is 2.04. The van der Waals surface area contributed by atoms with Crippen molar-refractivity contribution in [2.75, 3.05) is 26.2 Å². The van der Waals surface area contributed by atoms with Gasteiger partial charge in [-0.1, -0.05) is 72.2 Å². The van der Waals surface area contributed by atoms with Crippen LogP contribution in [0, 0.1) is 0 Å². The Bertz CT molecular complexity index is 489. The van der Waals surface area contributed by atoms with Crippen molar-refractivity contribution in [1.29, 1.82) is 0 Å². The van der Waals surface area contributed by atoms with Gasteiger partial charge >= 0.3 is 0 Å². The molecule has 0 bridgehead atoms. The average Bonchev–Trinajstić information content (AvgIpc) is 2.54. The molecule has 1 aliphatic heterocycles. The van der Waals surface area contributed by atoms with E-state index in [0.29, 0.717) is 0 Å². The van der Waals surface area contributed by atoms with Crippen molar-refractivity contribution in [3.63, 3.8) is 0 Å². The Morgan fingerprint density at radius 1 is 1.10 bits per heavy atom. The highest BCUT2D eigenvalue weighted by Gasteiger charge is 2.18. The van der Waals surface area contributed by atoms with Crippen molar-refractivity contribution < 1.29 is 0 Å². The molecule has 2 rings (SSSR count). The molecule has 0 N–H and O–H groups in total. The number of piperazine rings is 1. The number of rotatable bonds is 6. The van der Waals surface area contributed by atoms with E-state index in [1.54, 1.807) is 0 Å². The van der Waals surface area contributed by atoms with Crippen molar-refractivity contribution in [3.05, 3.63) is 66.7 Å². The first kappa shape index (κ1) is 15.9. The third kappa shape index (κ3) is 5.41. The van der Waals surface area contributed by atoms with E-state index in [4.69, 9.17) is 0 Å². The summed E-state index contributed by atoms with van der Waals surface area (Å²) in [6, 6.07) is 10.7. The van der Waals surface area contributed by atoms with Gasteiger partial charge in [-0.05, 0) is 33.1 Å². The summed E-state index contributed by atoms with van der Waals surface area (Å²) in [6.45, 7) is 10.4. The van der Waals surface area contributed by atoms with Crippen LogP contribution >= 0.6 is 0 Å². The first-order chi connectivity index (χ1) is 10.3. The zero-order valence-corrected chi connectivity index (χ0v) is 13.0. The number of hydrogen-bond donors (Lipinski definition) is 0. The van der Waals surface area contributed by atoms with E-state index in [1.807, 2.05) is 12.2 Å². The molecule has 108 valence electrons. The predicted octanol–water partition coefficient (Wildman–Crippen LogP) is 1.28. The Morgan fingerprint density at radius 3 is 2.38 bits per heavy atom. The van der Waals surface area contributed by atoms with Gasteiger partial charge in [-0.3, -0.25) is 0 Å². The lowest BCUT2D eigenvalue weighted by Crippen LogP contribution is -2.51. The molecular formula is C17H24B2N2. The Labute approximate surface area is 130 Å². The zero-order valence-electron chi connectivity index (χ0n) is 13.0. The number of hydrogen-bond acceptors (Lipinski definition) is 2. The molecule has 0 saturated carbocycles. The second-order valence-corrected chi connectivity index (χ2v) is 5.50. The second kappa shape index (κ2) is 8.71. The monoisotopic (exact) mass is 278 g/mol. The minimum absolute atomic E-state index is 1.04. The second-order valence-electron chi connectivity index (χ2n) is 5.50. The quantitative estimate of drug-likeness (QED) is 0.571. The topological polar surface area (TPSA) is 6.48 Å². The summed E-state index contributed by atoms with van der Waals surface area (Å²) in [6.07, 6.45) is 8.20. The summed E-state index contributed by atoms with van der Waals surface area (Å²) in [5.74, 6) is 0. The minimum Gasteiger partial charge on any atom is -0.339 e. The van der Waals surface area contributed by atoms with E-state index >= 15 is 0 Å². The predicted molar refractivity (Wildman–Crippen MR) is 96.6 cm³/mol. The Hall–Kier alpha value is -1.51. The van der Waals surface area contributed by atoms with Gasteiger partial charge in [0.25, 0.3) is 0 Å². The van der Waals surface area contributed by atoms with Gasteiger partial charge in [0.1, 0.15) is 0 Å². The fourth-order valence-electron chi connectivity index (χ4n) is 2.64. The number of benzene rings is 1.